The normalized spacial score (nSPS) is 18.2. The Labute approximate surface area is 136 Å². The molecule has 1 atom stereocenters. The number of carbonyl (C=O) groups is 1. The Balaban J connectivity index is 1.86. The zero-order valence-electron chi connectivity index (χ0n) is 13.3. The van der Waals surface area contributed by atoms with E-state index in [0.717, 1.165) is 42.1 Å². The SMILES string of the molecule is Cc1n[nH]c(C)c1C1CCCN1C(=O)c1ccc(C(F)(F)F)nc1. The molecule has 8 heteroatoms. The summed E-state index contributed by atoms with van der Waals surface area (Å²) >= 11 is 0. The highest BCUT2D eigenvalue weighted by atomic mass is 19.4. The highest BCUT2D eigenvalue weighted by molar-refractivity contribution is 5.94. The van der Waals surface area contributed by atoms with Gasteiger partial charge in [-0.2, -0.15) is 18.3 Å². The van der Waals surface area contributed by atoms with E-state index in [0.29, 0.717) is 6.54 Å². The second-order valence-electron chi connectivity index (χ2n) is 5.93. The van der Waals surface area contributed by atoms with Gasteiger partial charge < -0.3 is 4.90 Å². The molecule has 0 spiro atoms. The van der Waals surface area contributed by atoms with Crippen LogP contribution in [0, 0.1) is 13.8 Å². The molecule has 1 N–H and O–H groups in total. The smallest absolute Gasteiger partial charge is 0.331 e. The Morgan fingerprint density at radius 1 is 1.33 bits per heavy atom. The molecule has 1 fully saturated rings. The van der Waals surface area contributed by atoms with E-state index in [1.165, 1.54) is 6.07 Å². The number of likely N-dealkylation sites (tertiary alicyclic amines) is 1. The Kier molecular flexibility index (Phi) is 4.06. The molecular formula is C16H17F3N4O. The second-order valence-corrected chi connectivity index (χ2v) is 5.93. The molecule has 128 valence electrons. The van der Waals surface area contributed by atoms with Crippen molar-refractivity contribution in [2.45, 2.75) is 38.9 Å². The minimum atomic E-state index is -4.51. The van der Waals surface area contributed by atoms with Crippen molar-refractivity contribution in [2.75, 3.05) is 6.54 Å². The number of aromatic nitrogens is 3. The molecule has 0 aromatic carbocycles. The van der Waals surface area contributed by atoms with Crippen molar-refractivity contribution in [1.29, 1.82) is 0 Å². The predicted molar refractivity (Wildman–Crippen MR) is 80.3 cm³/mol. The van der Waals surface area contributed by atoms with E-state index in [4.69, 9.17) is 0 Å². The summed E-state index contributed by atoms with van der Waals surface area (Å²) in [4.78, 5) is 17.8. The van der Waals surface area contributed by atoms with Crippen LogP contribution in [0.1, 0.15) is 51.9 Å². The van der Waals surface area contributed by atoms with Crippen LogP contribution in [0.3, 0.4) is 0 Å². The number of aromatic amines is 1. The average Bonchev–Trinajstić information content (AvgIpc) is 3.12. The van der Waals surface area contributed by atoms with Gasteiger partial charge in [0.2, 0.25) is 0 Å². The Morgan fingerprint density at radius 2 is 2.08 bits per heavy atom. The summed E-state index contributed by atoms with van der Waals surface area (Å²) in [5, 5.41) is 7.08. The van der Waals surface area contributed by atoms with Gasteiger partial charge in [0, 0.05) is 24.0 Å². The molecular weight excluding hydrogens is 321 g/mol. The van der Waals surface area contributed by atoms with Gasteiger partial charge in [0.25, 0.3) is 5.91 Å². The first kappa shape index (κ1) is 16.5. The second kappa shape index (κ2) is 5.92. The van der Waals surface area contributed by atoms with E-state index >= 15 is 0 Å². The number of rotatable bonds is 2. The van der Waals surface area contributed by atoms with Crippen molar-refractivity contribution in [1.82, 2.24) is 20.1 Å². The molecule has 1 aliphatic rings. The number of H-pyrrole nitrogens is 1. The maximum atomic E-state index is 12.7. The van der Waals surface area contributed by atoms with E-state index in [1.807, 2.05) is 13.8 Å². The van der Waals surface area contributed by atoms with Crippen molar-refractivity contribution in [3.05, 3.63) is 46.5 Å². The molecule has 3 rings (SSSR count). The van der Waals surface area contributed by atoms with Crippen molar-refractivity contribution < 1.29 is 18.0 Å². The Hall–Kier alpha value is -2.38. The molecule has 2 aromatic rings. The zero-order chi connectivity index (χ0) is 17.5. The van der Waals surface area contributed by atoms with E-state index in [1.54, 1.807) is 4.90 Å². The van der Waals surface area contributed by atoms with Crippen molar-refractivity contribution in [3.63, 3.8) is 0 Å². The summed E-state index contributed by atoms with van der Waals surface area (Å²) in [7, 11) is 0. The third-order valence-corrected chi connectivity index (χ3v) is 4.33. The molecule has 0 radical (unpaired) electrons. The van der Waals surface area contributed by atoms with E-state index < -0.39 is 11.9 Å². The van der Waals surface area contributed by atoms with Crippen LogP contribution in [0.15, 0.2) is 18.3 Å². The van der Waals surface area contributed by atoms with Crippen molar-refractivity contribution in [2.24, 2.45) is 0 Å². The fraction of sp³-hybridized carbons (Fsp3) is 0.438. The third-order valence-electron chi connectivity index (χ3n) is 4.33. The lowest BCUT2D eigenvalue weighted by atomic mass is 10.0. The Morgan fingerprint density at radius 3 is 2.62 bits per heavy atom. The number of alkyl halides is 3. The van der Waals surface area contributed by atoms with E-state index in [-0.39, 0.29) is 17.5 Å². The fourth-order valence-corrected chi connectivity index (χ4v) is 3.21. The first-order chi connectivity index (χ1) is 11.3. The topological polar surface area (TPSA) is 61.9 Å². The number of pyridine rings is 1. The third kappa shape index (κ3) is 2.88. The van der Waals surface area contributed by atoms with Crippen LogP contribution in [0.2, 0.25) is 0 Å². The summed E-state index contributed by atoms with van der Waals surface area (Å²) in [5.74, 6) is -0.307. The van der Waals surface area contributed by atoms with Crippen LogP contribution < -0.4 is 0 Å². The Bertz CT molecular complexity index is 732. The van der Waals surface area contributed by atoms with Crippen LogP contribution in [0.4, 0.5) is 13.2 Å². The quantitative estimate of drug-likeness (QED) is 0.913. The molecule has 1 unspecified atom stereocenters. The summed E-state index contributed by atoms with van der Waals surface area (Å²) in [5.41, 5.74) is 1.89. The fourth-order valence-electron chi connectivity index (χ4n) is 3.21. The maximum Gasteiger partial charge on any atom is 0.433 e. The number of halogens is 3. The molecule has 5 nitrogen and oxygen atoms in total. The van der Waals surface area contributed by atoms with Crippen LogP contribution in [0.5, 0.6) is 0 Å². The molecule has 2 aromatic heterocycles. The lowest BCUT2D eigenvalue weighted by Gasteiger charge is -2.25. The van der Waals surface area contributed by atoms with Crippen LogP contribution in [-0.2, 0) is 6.18 Å². The number of amides is 1. The van der Waals surface area contributed by atoms with Crippen molar-refractivity contribution in [3.8, 4) is 0 Å². The van der Waals surface area contributed by atoms with Gasteiger partial charge in [0.05, 0.1) is 17.3 Å². The number of carbonyl (C=O) groups excluding carboxylic acids is 1. The van der Waals surface area contributed by atoms with E-state index in [9.17, 15) is 18.0 Å². The number of nitrogens with one attached hydrogen (secondary N) is 1. The highest BCUT2D eigenvalue weighted by Gasteiger charge is 2.35. The summed E-state index contributed by atoms with van der Waals surface area (Å²) in [6, 6.07) is 1.91. The summed E-state index contributed by atoms with van der Waals surface area (Å²) in [6.07, 6.45) is -1.87. The van der Waals surface area contributed by atoms with Crippen LogP contribution in [0.25, 0.3) is 0 Å². The highest BCUT2D eigenvalue weighted by Crippen LogP contribution is 2.36. The van der Waals surface area contributed by atoms with Gasteiger partial charge in [-0.05, 0) is 38.8 Å². The lowest BCUT2D eigenvalue weighted by molar-refractivity contribution is -0.141. The zero-order valence-corrected chi connectivity index (χ0v) is 13.3. The standard InChI is InChI=1S/C16H17F3N4O/c1-9-14(10(2)22-21-9)12-4-3-7-23(12)15(24)11-5-6-13(20-8-11)16(17,18)19/h5-6,8,12H,3-4,7H2,1-2H3,(H,21,22). The molecule has 0 bridgehead atoms. The van der Waals surface area contributed by atoms with Gasteiger partial charge in [0.1, 0.15) is 5.69 Å². The monoisotopic (exact) mass is 338 g/mol. The number of aryl methyl sites for hydroxylation is 2. The molecule has 1 amide bonds. The first-order valence-electron chi connectivity index (χ1n) is 7.64. The van der Waals surface area contributed by atoms with Gasteiger partial charge in [-0.1, -0.05) is 0 Å². The van der Waals surface area contributed by atoms with Crippen LogP contribution >= 0.6 is 0 Å². The number of hydrogen-bond donors (Lipinski definition) is 1. The molecule has 1 aliphatic heterocycles. The molecule has 0 aliphatic carbocycles. The molecule has 24 heavy (non-hydrogen) atoms. The molecule has 0 saturated carbocycles. The minimum absolute atomic E-state index is 0.112. The largest absolute Gasteiger partial charge is 0.433 e. The predicted octanol–water partition coefficient (Wildman–Crippen LogP) is 3.42. The maximum absolute atomic E-state index is 12.7. The lowest BCUT2D eigenvalue weighted by Crippen LogP contribution is -2.31. The average molecular weight is 338 g/mol. The summed E-state index contributed by atoms with van der Waals surface area (Å²) in [6.45, 7) is 4.34. The van der Waals surface area contributed by atoms with Gasteiger partial charge >= 0.3 is 6.18 Å². The number of nitrogens with zero attached hydrogens (tertiary/aromatic N) is 3. The molecule has 1 saturated heterocycles. The van der Waals surface area contributed by atoms with E-state index in [2.05, 4.69) is 15.2 Å². The minimum Gasteiger partial charge on any atom is -0.331 e. The van der Waals surface area contributed by atoms with Gasteiger partial charge in [0.15, 0.2) is 0 Å². The van der Waals surface area contributed by atoms with Gasteiger partial charge in [-0.3, -0.25) is 14.9 Å². The molecule has 3 heterocycles. The van der Waals surface area contributed by atoms with Crippen molar-refractivity contribution >= 4 is 5.91 Å². The van der Waals surface area contributed by atoms with Gasteiger partial charge in [-0.15, -0.1) is 0 Å². The summed E-state index contributed by atoms with van der Waals surface area (Å²) < 4.78 is 37.8. The first-order valence-corrected chi connectivity index (χ1v) is 7.64. The number of hydrogen-bond acceptors (Lipinski definition) is 3. The van der Waals surface area contributed by atoms with Gasteiger partial charge in [-0.25, -0.2) is 0 Å². The van der Waals surface area contributed by atoms with Crippen LogP contribution in [-0.4, -0.2) is 32.5 Å².